The molecule has 0 aliphatic carbocycles. The van der Waals surface area contributed by atoms with Gasteiger partial charge in [0.1, 0.15) is 6.10 Å². The number of hydrogen-bond donors (Lipinski definition) is 1. The molecule has 162 valence electrons. The average molecular weight is 430 g/mol. The number of alkyl halides is 2. The number of rotatable bonds is 7. The lowest BCUT2D eigenvalue weighted by molar-refractivity contribution is 0.0963. The highest BCUT2D eigenvalue weighted by Crippen LogP contribution is 2.22. The zero-order valence-electron chi connectivity index (χ0n) is 16.7. The summed E-state index contributed by atoms with van der Waals surface area (Å²) in [6.45, 7) is 1.80. The number of halogens is 2. The van der Waals surface area contributed by atoms with Crippen molar-refractivity contribution in [2.45, 2.75) is 32.3 Å². The Morgan fingerprint density at radius 1 is 1.13 bits per heavy atom. The first-order valence-corrected chi connectivity index (χ1v) is 9.67. The van der Waals surface area contributed by atoms with E-state index in [1.807, 2.05) is 6.92 Å². The van der Waals surface area contributed by atoms with Gasteiger partial charge < -0.3 is 9.84 Å². The number of amides is 1. The maximum Gasteiger partial charge on any atom is 0.416 e. The molecule has 2 aromatic heterocycles. The summed E-state index contributed by atoms with van der Waals surface area (Å²) in [6, 6.07) is 9.36. The first-order chi connectivity index (χ1) is 15.0. The van der Waals surface area contributed by atoms with Crippen molar-refractivity contribution < 1.29 is 23.4 Å². The molecule has 1 amide bonds. The number of benzene rings is 1. The second-order valence-electron chi connectivity index (χ2n) is 7.11. The summed E-state index contributed by atoms with van der Waals surface area (Å²) in [5.74, 6) is 0.353. The van der Waals surface area contributed by atoms with Crippen LogP contribution in [0.15, 0.2) is 36.4 Å². The molecule has 0 saturated carbocycles. The molecule has 3 heterocycles. The minimum absolute atomic E-state index is 0.0512. The van der Waals surface area contributed by atoms with E-state index in [1.54, 1.807) is 28.9 Å². The summed E-state index contributed by atoms with van der Waals surface area (Å²) in [5.41, 5.74) is 2.87. The number of carbonyl (C=O) groups excluding carboxylic acids is 1. The van der Waals surface area contributed by atoms with Gasteiger partial charge in [-0.25, -0.2) is 18.3 Å². The summed E-state index contributed by atoms with van der Waals surface area (Å²) in [5, 5.41) is 25.6. The van der Waals surface area contributed by atoms with Gasteiger partial charge in [-0.1, -0.05) is 17.3 Å². The third-order valence-electron chi connectivity index (χ3n) is 5.03. The van der Waals surface area contributed by atoms with Crippen LogP contribution in [0.3, 0.4) is 0 Å². The molecule has 31 heavy (non-hydrogen) atoms. The standard InChI is InChI=1S/C20H20F2N6O3/c1-12-17(28(26-23-12)15-6-2-13(3-7-15)19(21)22)8-4-14-5-9-18(25-24-14)27-10-16(11-29)31-20(27)30/h2-3,5-7,9,16,19,29H,4,8,10-11H2,1H3. The van der Waals surface area contributed by atoms with E-state index in [2.05, 4.69) is 20.5 Å². The fraction of sp³-hybridized carbons (Fsp3) is 0.350. The van der Waals surface area contributed by atoms with Crippen LogP contribution in [0.2, 0.25) is 0 Å². The van der Waals surface area contributed by atoms with Crippen molar-refractivity contribution in [3.05, 3.63) is 59.0 Å². The van der Waals surface area contributed by atoms with Crippen molar-refractivity contribution in [3.63, 3.8) is 0 Å². The van der Waals surface area contributed by atoms with Crippen molar-refractivity contribution in [1.82, 2.24) is 25.2 Å². The number of carbonyl (C=O) groups is 1. The molecule has 1 N–H and O–H groups in total. The molecular weight excluding hydrogens is 410 g/mol. The Morgan fingerprint density at radius 3 is 2.52 bits per heavy atom. The smallest absolute Gasteiger partial charge is 0.416 e. The van der Waals surface area contributed by atoms with E-state index in [0.29, 0.717) is 30.0 Å². The molecule has 4 rings (SSSR count). The van der Waals surface area contributed by atoms with E-state index >= 15 is 0 Å². The summed E-state index contributed by atoms with van der Waals surface area (Å²) < 4.78 is 32.2. The number of aliphatic hydroxyl groups excluding tert-OH is 1. The SMILES string of the molecule is Cc1nnn(-c2ccc(C(F)F)cc2)c1CCc1ccc(N2CC(CO)OC2=O)nn1. The summed E-state index contributed by atoms with van der Waals surface area (Å²) in [4.78, 5) is 13.2. The number of ether oxygens (including phenoxy) is 1. The zero-order chi connectivity index (χ0) is 22.0. The largest absolute Gasteiger partial charge is 0.441 e. The van der Waals surface area contributed by atoms with Crippen LogP contribution in [-0.2, 0) is 17.6 Å². The Balaban J connectivity index is 1.45. The van der Waals surface area contributed by atoms with Gasteiger partial charge in [0.15, 0.2) is 5.82 Å². The van der Waals surface area contributed by atoms with Gasteiger partial charge in [-0.15, -0.1) is 10.2 Å². The maximum atomic E-state index is 12.8. The number of aliphatic hydroxyl groups is 1. The van der Waals surface area contributed by atoms with Crippen LogP contribution in [0.25, 0.3) is 5.69 Å². The Hall–Kier alpha value is -3.47. The van der Waals surface area contributed by atoms with Gasteiger partial charge in [-0.05, 0) is 44.0 Å². The van der Waals surface area contributed by atoms with Crippen LogP contribution < -0.4 is 4.90 Å². The zero-order valence-corrected chi connectivity index (χ0v) is 16.7. The summed E-state index contributed by atoms with van der Waals surface area (Å²) >= 11 is 0. The minimum atomic E-state index is -2.52. The first-order valence-electron chi connectivity index (χ1n) is 9.67. The fourth-order valence-corrected chi connectivity index (χ4v) is 3.31. The minimum Gasteiger partial charge on any atom is -0.441 e. The normalized spacial score (nSPS) is 16.2. The van der Waals surface area contributed by atoms with Crippen molar-refractivity contribution in [2.24, 2.45) is 0 Å². The van der Waals surface area contributed by atoms with Crippen LogP contribution >= 0.6 is 0 Å². The van der Waals surface area contributed by atoms with E-state index in [9.17, 15) is 13.6 Å². The van der Waals surface area contributed by atoms with Crippen molar-refractivity contribution in [2.75, 3.05) is 18.1 Å². The average Bonchev–Trinajstić information content (AvgIpc) is 3.34. The lowest BCUT2D eigenvalue weighted by Crippen LogP contribution is -2.26. The van der Waals surface area contributed by atoms with Crippen molar-refractivity contribution in [1.29, 1.82) is 0 Å². The van der Waals surface area contributed by atoms with E-state index in [-0.39, 0.29) is 18.7 Å². The summed E-state index contributed by atoms with van der Waals surface area (Å²) in [7, 11) is 0. The third kappa shape index (κ3) is 4.36. The van der Waals surface area contributed by atoms with Gasteiger partial charge in [0.2, 0.25) is 0 Å². The highest BCUT2D eigenvalue weighted by Gasteiger charge is 2.32. The number of cyclic esters (lactones) is 1. The fourth-order valence-electron chi connectivity index (χ4n) is 3.31. The molecule has 1 unspecified atom stereocenters. The first kappa shape index (κ1) is 20.8. The van der Waals surface area contributed by atoms with Gasteiger partial charge in [0.25, 0.3) is 6.43 Å². The molecule has 11 heteroatoms. The second kappa shape index (κ2) is 8.72. The van der Waals surface area contributed by atoms with E-state index < -0.39 is 18.6 Å². The Labute approximate surface area is 176 Å². The highest BCUT2D eigenvalue weighted by molar-refractivity contribution is 5.88. The second-order valence-corrected chi connectivity index (χ2v) is 7.11. The monoisotopic (exact) mass is 430 g/mol. The number of hydrogen-bond acceptors (Lipinski definition) is 7. The molecule has 1 atom stereocenters. The predicted octanol–water partition coefficient (Wildman–Crippen LogP) is 2.41. The molecule has 1 aliphatic rings. The number of aromatic nitrogens is 5. The van der Waals surface area contributed by atoms with Gasteiger partial charge in [0.05, 0.1) is 35.9 Å². The van der Waals surface area contributed by atoms with Crippen molar-refractivity contribution in [3.8, 4) is 5.69 Å². The molecule has 0 spiro atoms. The maximum absolute atomic E-state index is 12.8. The number of nitrogens with zero attached hydrogens (tertiary/aromatic N) is 6. The molecule has 0 bridgehead atoms. The van der Waals surface area contributed by atoms with Crippen LogP contribution in [0, 0.1) is 6.92 Å². The predicted molar refractivity (Wildman–Crippen MR) is 105 cm³/mol. The van der Waals surface area contributed by atoms with Crippen LogP contribution in [0.1, 0.15) is 29.1 Å². The van der Waals surface area contributed by atoms with E-state index in [0.717, 1.165) is 11.4 Å². The molecular formula is C20H20F2N6O3. The molecule has 9 nitrogen and oxygen atoms in total. The van der Waals surface area contributed by atoms with Crippen LogP contribution in [0.5, 0.6) is 0 Å². The van der Waals surface area contributed by atoms with E-state index in [1.165, 1.54) is 17.0 Å². The molecule has 1 aromatic carbocycles. The van der Waals surface area contributed by atoms with Gasteiger partial charge in [-0.2, -0.15) is 5.10 Å². The quantitative estimate of drug-likeness (QED) is 0.613. The molecule has 3 aromatic rings. The number of anilines is 1. The Bertz CT molecular complexity index is 1060. The number of aryl methyl sites for hydroxylation is 2. The Morgan fingerprint density at radius 2 is 1.90 bits per heavy atom. The highest BCUT2D eigenvalue weighted by atomic mass is 19.3. The molecule has 0 radical (unpaired) electrons. The lowest BCUT2D eigenvalue weighted by atomic mass is 10.1. The van der Waals surface area contributed by atoms with E-state index in [4.69, 9.17) is 9.84 Å². The van der Waals surface area contributed by atoms with Crippen LogP contribution in [0.4, 0.5) is 19.4 Å². The van der Waals surface area contributed by atoms with Crippen molar-refractivity contribution >= 4 is 11.9 Å². The van der Waals surface area contributed by atoms with Gasteiger partial charge >= 0.3 is 6.09 Å². The molecule has 1 fully saturated rings. The van der Waals surface area contributed by atoms with Gasteiger partial charge in [0, 0.05) is 5.56 Å². The van der Waals surface area contributed by atoms with Crippen LogP contribution in [-0.4, -0.2) is 55.6 Å². The topological polar surface area (TPSA) is 106 Å². The third-order valence-corrected chi connectivity index (χ3v) is 5.03. The van der Waals surface area contributed by atoms with Gasteiger partial charge in [-0.3, -0.25) is 4.90 Å². The summed E-state index contributed by atoms with van der Waals surface area (Å²) in [6.07, 6.45) is -2.56. The Kier molecular flexibility index (Phi) is 5.85. The molecule has 1 saturated heterocycles. The lowest BCUT2D eigenvalue weighted by Gasteiger charge is -2.11. The molecule has 1 aliphatic heterocycles.